The van der Waals surface area contributed by atoms with Crippen LogP contribution in [0.3, 0.4) is 0 Å². The Morgan fingerprint density at radius 3 is 2.48 bits per heavy atom. The van der Waals surface area contributed by atoms with Gasteiger partial charge in [-0.15, -0.1) is 0 Å². The Morgan fingerprint density at radius 2 is 1.89 bits per heavy atom. The zero-order valence-electron chi connectivity index (χ0n) is 17.7. The van der Waals surface area contributed by atoms with Crippen LogP contribution in [0, 0.1) is 20.8 Å². The Morgan fingerprint density at radius 1 is 1.22 bits per heavy atom. The van der Waals surface area contributed by atoms with E-state index in [2.05, 4.69) is 12.7 Å². The van der Waals surface area contributed by atoms with E-state index in [0.29, 0.717) is 18.7 Å². The van der Waals surface area contributed by atoms with Gasteiger partial charge in [0.1, 0.15) is 11.5 Å². The third-order valence-electron chi connectivity index (χ3n) is 4.77. The third kappa shape index (κ3) is 6.21. The van der Waals surface area contributed by atoms with E-state index in [1.807, 2.05) is 34.6 Å². The molecule has 0 aliphatic carbocycles. The first-order valence-corrected chi connectivity index (χ1v) is 11.5. The molecule has 2 unspecified atom stereocenters. The number of hydrogen-bond acceptors (Lipinski definition) is 5. The van der Waals surface area contributed by atoms with Gasteiger partial charge in [-0.05, 0) is 56.7 Å². The average molecular weight is 401 g/mol. The topological polar surface area (TPSA) is 95.5 Å². The molecule has 1 aromatic carbocycles. The van der Waals surface area contributed by atoms with Crippen LogP contribution < -0.4 is 19.9 Å². The Balaban J connectivity index is 0.00000176. The van der Waals surface area contributed by atoms with Crippen molar-refractivity contribution in [2.24, 2.45) is 0 Å². The summed E-state index contributed by atoms with van der Waals surface area (Å²) < 4.78 is 28.6. The van der Waals surface area contributed by atoms with E-state index in [9.17, 15) is 9.46 Å². The predicted octanol–water partition coefficient (Wildman–Crippen LogP) is 3.63. The van der Waals surface area contributed by atoms with Crippen molar-refractivity contribution in [3.63, 3.8) is 0 Å². The molecule has 1 aromatic rings. The largest absolute Gasteiger partial charge is 0.746 e. The Bertz CT molecular complexity index is 663. The van der Waals surface area contributed by atoms with Crippen molar-refractivity contribution in [1.82, 2.24) is 0 Å². The second-order valence-electron chi connectivity index (χ2n) is 6.66. The molecule has 0 saturated heterocycles. The summed E-state index contributed by atoms with van der Waals surface area (Å²) in [4.78, 5) is 12.1. The normalized spacial score (nSPS) is 17.9. The highest BCUT2D eigenvalue weighted by Gasteiger charge is 2.27. The van der Waals surface area contributed by atoms with Gasteiger partial charge in [-0.1, -0.05) is 27.2 Å². The van der Waals surface area contributed by atoms with Crippen LogP contribution in [-0.2, 0) is 15.5 Å². The van der Waals surface area contributed by atoms with Gasteiger partial charge in [0, 0.05) is 12.0 Å². The van der Waals surface area contributed by atoms with Gasteiger partial charge >= 0.3 is 7.82 Å². The van der Waals surface area contributed by atoms with Crippen molar-refractivity contribution in [2.45, 2.75) is 79.8 Å². The van der Waals surface area contributed by atoms with Crippen LogP contribution in [-0.4, -0.2) is 19.3 Å². The van der Waals surface area contributed by atoms with E-state index in [1.54, 1.807) is 0 Å². The quantitative estimate of drug-likeness (QED) is 0.530. The van der Waals surface area contributed by atoms with Gasteiger partial charge in [-0.3, -0.25) is 4.57 Å². The number of phosphoric ester groups is 1. The van der Waals surface area contributed by atoms with Crippen LogP contribution in [0.5, 0.6) is 11.5 Å². The molecule has 0 bridgehead atoms. The van der Waals surface area contributed by atoms with Crippen molar-refractivity contribution in [1.29, 1.82) is 0 Å². The van der Waals surface area contributed by atoms with Crippen LogP contribution in [0.4, 0.5) is 0 Å². The summed E-state index contributed by atoms with van der Waals surface area (Å²) in [5, 5.41) is 0. The van der Waals surface area contributed by atoms with Gasteiger partial charge in [-0.25, -0.2) is 0 Å². The lowest BCUT2D eigenvalue weighted by Gasteiger charge is -2.32. The molecule has 0 spiro atoms. The predicted molar refractivity (Wildman–Crippen MR) is 106 cm³/mol. The molecule has 6 nitrogen and oxygen atoms in total. The van der Waals surface area contributed by atoms with Crippen molar-refractivity contribution < 1.29 is 29.0 Å². The number of hydrogen-bond donors (Lipinski definition) is 1. The van der Waals surface area contributed by atoms with Gasteiger partial charge in [0.2, 0.25) is 0 Å². The third-order valence-corrected chi connectivity index (χ3v) is 5.67. The first-order chi connectivity index (χ1) is 12.8. The lowest BCUT2D eigenvalue weighted by atomic mass is 9.91. The van der Waals surface area contributed by atoms with Crippen LogP contribution in [0.15, 0.2) is 0 Å². The van der Waals surface area contributed by atoms with Gasteiger partial charge in [0.25, 0.3) is 0 Å². The second kappa shape index (κ2) is 11.1. The number of phosphoric acid groups is 1. The standard InChI is InChI=1S/C18H30NO5P.C2H6/c1-5-7-15-8-9-16-14(4)17(12(2)13(3)18(16)23-15)24-25(20,21)22-11-6-10-19;1-2/h15H,5-11,19H2,1-4H3,(H,20,21);1-2H3. The summed E-state index contributed by atoms with van der Waals surface area (Å²) in [6, 6.07) is 0. The van der Waals surface area contributed by atoms with Crippen LogP contribution >= 0.6 is 7.82 Å². The highest BCUT2D eigenvalue weighted by Crippen LogP contribution is 2.47. The molecule has 0 aromatic heterocycles. The molecular formula is C20H36NO5P. The van der Waals surface area contributed by atoms with Crippen LogP contribution in [0.1, 0.15) is 68.7 Å². The van der Waals surface area contributed by atoms with Gasteiger partial charge < -0.3 is 24.4 Å². The molecule has 3 N–H and O–H groups in total. The summed E-state index contributed by atoms with van der Waals surface area (Å²) in [5.41, 5.74) is 7.26. The molecule has 0 fully saturated rings. The Hall–Kier alpha value is -1.07. The minimum Gasteiger partial charge on any atom is -0.746 e. The fraction of sp³-hybridized carbons (Fsp3) is 0.700. The molecule has 0 amide bonds. The summed E-state index contributed by atoms with van der Waals surface area (Å²) in [7, 11) is -4.40. The van der Waals surface area contributed by atoms with Crippen molar-refractivity contribution in [3.8, 4) is 11.5 Å². The molecular weight excluding hydrogens is 365 g/mol. The number of rotatable bonds is 8. The zero-order valence-corrected chi connectivity index (χ0v) is 18.6. The maximum absolute atomic E-state index is 12.1. The fourth-order valence-electron chi connectivity index (χ4n) is 3.23. The minimum atomic E-state index is -4.40. The SMILES string of the molecule is CC.CCCC1CCc2c(C)c(OP(=O)([O-])OCCC[NH3+])c(C)c(C)c2O1. The molecule has 7 heteroatoms. The Labute approximate surface area is 164 Å². The lowest BCUT2D eigenvalue weighted by Crippen LogP contribution is -2.50. The Kier molecular flexibility index (Phi) is 9.82. The molecule has 0 saturated carbocycles. The second-order valence-corrected chi connectivity index (χ2v) is 7.99. The number of quaternary nitrogens is 1. The number of ether oxygens (including phenoxy) is 1. The lowest BCUT2D eigenvalue weighted by molar-refractivity contribution is -0.369. The first-order valence-electron chi connectivity index (χ1n) is 10.0. The molecule has 1 heterocycles. The van der Waals surface area contributed by atoms with E-state index in [4.69, 9.17) is 13.8 Å². The smallest absolute Gasteiger partial charge is 0.319 e. The van der Waals surface area contributed by atoms with E-state index in [1.165, 1.54) is 0 Å². The van der Waals surface area contributed by atoms with Gasteiger partial charge in [0.05, 0.1) is 19.3 Å². The summed E-state index contributed by atoms with van der Waals surface area (Å²) in [6.45, 7) is 12.6. The molecule has 2 rings (SSSR count). The maximum Gasteiger partial charge on any atom is 0.319 e. The van der Waals surface area contributed by atoms with Crippen LogP contribution in [0.25, 0.3) is 0 Å². The average Bonchev–Trinajstić information content (AvgIpc) is 2.65. The van der Waals surface area contributed by atoms with E-state index in [-0.39, 0.29) is 12.7 Å². The first kappa shape index (κ1) is 24.0. The summed E-state index contributed by atoms with van der Waals surface area (Å²) in [6.07, 6.45) is 4.74. The summed E-state index contributed by atoms with van der Waals surface area (Å²) >= 11 is 0. The molecule has 156 valence electrons. The van der Waals surface area contributed by atoms with Gasteiger partial charge in [-0.2, -0.15) is 0 Å². The molecule has 0 radical (unpaired) electrons. The highest BCUT2D eigenvalue weighted by atomic mass is 31.2. The molecule has 2 atom stereocenters. The molecule has 1 aliphatic rings. The highest BCUT2D eigenvalue weighted by molar-refractivity contribution is 7.46. The van der Waals surface area contributed by atoms with Crippen molar-refractivity contribution in [3.05, 3.63) is 22.3 Å². The molecule has 1 aliphatic heterocycles. The van der Waals surface area contributed by atoms with Crippen LogP contribution in [0.2, 0.25) is 0 Å². The van der Waals surface area contributed by atoms with E-state index >= 15 is 0 Å². The van der Waals surface area contributed by atoms with E-state index < -0.39 is 7.82 Å². The maximum atomic E-state index is 12.1. The number of benzene rings is 1. The molecule has 27 heavy (non-hydrogen) atoms. The zero-order chi connectivity index (χ0) is 20.6. The van der Waals surface area contributed by atoms with Gasteiger partial charge in [0.15, 0.2) is 0 Å². The summed E-state index contributed by atoms with van der Waals surface area (Å²) in [5.74, 6) is 1.27. The van der Waals surface area contributed by atoms with E-state index in [0.717, 1.165) is 53.7 Å². The van der Waals surface area contributed by atoms with Crippen molar-refractivity contribution >= 4 is 7.82 Å². The monoisotopic (exact) mass is 401 g/mol. The minimum absolute atomic E-state index is 0.0914. The van der Waals surface area contributed by atoms with Crippen molar-refractivity contribution in [2.75, 3.05) is 13.2 Å². The fourth-order valence-corrected chi connectivity index (χ4v) is 4.13. The number of fused-ring (bicyclic) bond motifs is 1.